The number of benzene rings is 1. The van der Waals surface area contributed by atoms with Crippen molar-refractivity contribution >= 4 is 15.7 Å². The molecule has 0 bridgehead atoms. The fourth-order valence-electron chi connectivity index (χ4n) is 2.34. The van der Waals surface area contributed by atoms with E-state index in [0.717, 1.165) is 6.42 Å². The van der Waals surface area contributed by atoms with E-state index >= 15 is 0 Å². The molecule has 0 spiro atoms. The van der Waals surface area contributed by atoms with E-state index in [0.29, 0.717) is 29.2 Å². The number of rotatable bonds is 7. The predicted molar refractivity (Wildman–Crippen MR) is 95.3 cm³/mol. The average molecular weight is 374 g/mol. The Hall–Kier alpha value is -2.94. The third-order valence-corrected chi connectivity index (χ3v) is 4.96. The summed E-state index contributed by atoms with van der Waals surface area (Å²) >= 11 is 0. The highest BCUT2D eigenvalue weighted by Gasteiger charge is 2.20. The summed E-state index contributed by atoms with van der Waals surface area (Å²) in [6.45, 7) is 2.01. The molecule has 0 unspecified atom stereocenters. The molecule has 3 aromatic rings. The molecule has 0 aliphatic rings. The van der Waals surface area contributed by atoms with E-state index in [1.165, 1.54) is 31.6 Å². The van der Waals surface area contributed by atoms with Crippen LogP contribution in [-0.2, 0) is 16.4 Å². The maximum absolute atomic E-state index is 12.7. The number of ether oxygens (including phenoxy) is 1. The molecule has 0 saturated heterocycles. The molecule has 0 radical (unpaired) electrons. The monoisotopic (exact) mass is 374 g/mol. The van der Waals surface area contributed by atoms with Gasteiger partial charge in [-0.3, -0.25) is 9.71 Å². The molecule has 2 aromatic heterocycles. The molecule has 0 atom stereocenters. The van der Waals surface area contributed by atoms with Crippen LogP contribution in [0.25, 0.3) is 11.5 Å². The number of sulfonamides is 1. The van der Waals surface area contributed by atoms with Gasteiger partial charge in [0.25, 0.3) is 15.9 Å². The number of hydrogen-bond donors (Lipinski definition) is 1. The first kappa shape index (κ1) is 17.9. The Morgan fingerprint density at radius 3 is 2.65 bits per heavy atom. The Kier molecular flexibility index (Phi) is 5.17. The summed E-state index contributed by atoms with van der Waals surface area (Å²) in [6.07, 6.45) is 4.56. The molecular formula is C17H18N4O4S. The third kappa shape index (κ3) is 3.83. The van der Waals surface area contributed by atoms with E-state index in [-0.39, 0.29) is 10.8 Å². The third-order valence-electron chi connectivity index (χ3n) is 3.59. The van der Waals surface area contributed by atoms with E-state index in [4.69, 9.17) is 9.26 Å². The van der Waals surface area contributed by atoms with Crippen molar-refractivity contribution in [3.8, 4) is 17.2 Å². The maximum atomic E-state index is 12.7. The molecule has 26 heavy (non-hydrogen) atoms. The van der Waals surface area contributed by atoms with Crippen LogP contribution in [0.4, 0.5) is 5.69 Å². The van der Waals surface area contributed by atoms with E-state index in [9.17, 15) is 8.42 Å². The second-order valence-electron chi connectivity index (χ2n) is 5.47. The second-order valence-corrected chi connectivity index (χ2v) is 7.15. The number of nitrogens with one attached hydrogen (secondary N) is 1. The van der Waals surface area contributed by atoms with Gasteiger partial charge < -0.3 is 9.26 Å². The highest BCUT2D eigenvalue weighted by Crippen LogP contribution is 2.31. The van der Waals surface area contributed by atoms with Gasteiger partial charge >= 0.3 is 0 Å². The Morgan fingerprint density at radius 1 is 1.19 bits per heavy atom. The van der Waals surface area contributed by atoms with Gasteiger partial charge in [-0.05, 0) is 36.8 Å². The van der Waals surface area contributed by atoms with E-state index in [1.54, 1.807) is 18.2 Å². The summed E-state index contributed by atoms with van der Waals surface area (Å²) in [4.78, 5) is 8.22. The van der Waals surface area contributed by atoms with Crippen molar-refractivity contribution in [2.75, 3.05) is 11.8 Å². The average Bonchev–Trinajstić information content (AvgIpc) is 3.10. The molecule has 8 nitrogen and oxygen atoms in total. The Labute approximate surface area is 151 Å². The van der Waals surface area contributed by atoms with Crippen LogP contribution in [0.2, 0.25) is 0 Å². The standard InChI is InChI=1S/C17H18N4O4S/c1-3-4-16-19-17(25-20-16)14-11-13(5-6-15(14)24-2)26(22,23)21-12-7-9-18-10-8-12/h5-11H,3-4H2,1-2H3,(H,18,21). The molecule has 0 fully saturated rings. The van der Waals surface area contributed by atoms with Crippen LogP contribution in [0.15, 0.2) is 52.1 Å². The highest BCUT2D eigenvalue weighted by molar-refractivity contribution is 7.92. The van der Waals surface area contributed by atoms with Crippen molar-refractivity contribution in [2.24, 2.45) is 0 Å². The number of pyridine rings is 1. The Morgan fingerprint density at radius 2 is 1.96 bits per heavy atom. The van der Waals surface area contributed by atoms with Gasteiger partial charge in [0.1, 0.15) is 5.75 Å². The van der Waals surface area contributed by atoms with Crippen LogP contribution in [-0.4, -0.2) is 30.7 Å². The molecule has 136 valence electrons. The number of anilines is 1. The van der Waals surface area contributed by atoms with Crippen LogP contribution in [0.3, 0.4) is 0 Å². The predicted octanol–water partition coefficient (Wildman–Crippen LogP) is 2.89. The topological polar surface area (TPSA) is 107 Å². The van der Waals surface area contributed by atoms with Crippen LogP contribution in [0.5, 0.6) is 5.75 Å². The minimum atomic E-state index is -3.80. The van der Waals surface area contributed by atoms with Gasteiger partial charge in [0.15, 0.2) is 5.82 Å². The van der Waals surface area contributed by atoms with Gasteiger partial charge in [-0.15, -0.1) is 0 Å². The fourth-order valence-corrected chi connectivity index (χ4v) is 3.43. The molecule has 1 N–H and O–H groups in total. The summed E-state index contributed by atoms with van der Waals surface area (Å²) in [6, 6.07) is 7.59. The van der Waals surface area contributed by atoms with Gasteiger partial charge in [0.05, 0.1) is 23.3 Å². The lowest BCUT2D eigenvalue weighted by Crippen LogP contribution is -2.13. The molecular weight excluding hydrogens is 356 g/mol. The quantitative estimate of drug-likeness (QED) is 0.677. The number of aromatic nitrogens is 3. The lowest BCUT2D eigenvalue weighted by atomic mass is 10.2. The van der Waals surface area contributed by atoms with E-state index in [2.05, 4.69) is 19.8 Å². The summed E-state index contributed by atoms with van der Waals surface area (Å²) < 4.78 is 38.4. The number of methoxy groups -OCH3 is 1. The minimum absolute atomic E-state index is 0.0559. The first-order valence-corrected chi connectivity index (χ1v) is 9.45. The van der Waals surface area contributed by atoms with Gasteiger partial charge in [0, 0.05) is 18.8 Å². The van der Waals surface area contributed by atoms with Crippen LogP contribution >= 0.6 is 0 Å². The van der Waals surface area contributed by atoms with Crippen molar-refractivity contribution in [3.05, 3.63) is 48.5 Å². The first-order chi connectivity index (χ1) is 12.5. The molecule has 9 heteroatoms. The van der Waals surface area contributed by atoms with Gasteiger partial charge in [0.2, 0.25) is 0 Å². The summed E-state index contributed by atoms with van der Waals surface area (Å²) in [5, 5.41) is 3.90. The first-order valence-electron chi connectivity index (χ1n) is 7.97. The molecule has 0 aliphatic heterocycles. The Balaban J connectivity index is 1.98. The van der Waals surface area contributed by atoms with Gasteiger partial charge in [-0.2, -0.15) is 4.98 Å². The SMILES string of the molecule is CCCc1noc(-c2cc(S(=O)(=O)Nc3ccncc3)ccc2OC)n1. The normalized spacial score (nSPS) is 11.3. The molecule has 3 rings (SSSR count). The van der Waals surface area contributed by atoms with Crippen molar-refractivity contribution in [3.63, 3.8) is 0 Å². The maximum Gasteiger partial charge on any atom is 0.261 e. The molecule has 0 saturated carbocycles. The van der Waals surface area contributed by atoms with E-state index < -0.39 is 10.0 Å². The van der Waals surface area contributed by atoms with Gasteiger partial charge in [-0.25, -0.2) is 8.42 Å². The Bertz CT molecular complexity index is 987. The van der Waals surface area contributed by atoms with Gasteiger partial charge in [-0.1, -0.05) is 12.1 Å². The molecule has 0 amide bonds. The molecule has 0 aliphatic carbocycles. The van der Waals surface area contributed by atoms with Crippen molar-refractivity contribution in [1.82, 2.24) is 15.1 Å². The zero-order valence-corrected chi connectivity index (χ0v) is 15.2. The van der Waals surface area contributed by atoms with Crippen molar-refractivity contribution in [2.45, 2.75) is 24.7 Å². The number of aryl methyl sites for hydroxylation is 1. The molecule has 1 aromatic carbocycles. The second kappa shape index (κ2) is 7.52. The lowest BCUT2D eigenvalue weighted by Gasteiger charge is -2.10. The summed E-state index contributed by atoms with van der Waals surface area (Å²) in [7, 11) is -2.30. The zero-order chi connectivity index (χ0) is 18.6. The fraction of sp³-hybridized carbons (Fsp3) is 0.235. The molecule has 2 heterocycles. The smallest absolute Gasteiger partial charge is 0.261 e. The highest BCUT2D eigenvalue weighted by atomic mass is 32.2. The summed E-state index contributed by atoms with van der Waals surface area (Å²) in [5.74, 6) is 1.22. The number of hydrogen-bond acceptors (Lipinski definition) is 7. The number of nitrogens with zero attached hydrogens (tertiary/aromatic N) is 3. The minimum Gasteiger partial charge on any atom is -0.496 e. The summed E-state index contributed by atoms with van der Waals surface area (Å²) in [5.41, 5.74) is 0.834. The largest absolute Gasteiger partial charge is 0.496 e. The lowest BCUT2D eigenvalue weighted by molar-refractivity contribution is 0.402. The van der Waals surface area contributed by atoms with Crippen molar-refractivity contribution < 1.29 is 17.7 Å². The van der Waals surface area contributed by atoms with Crippen molar-refractivity contribution in [1.29, 1.82) is 0 Å². The van der Waals surface area contributed by atoms with Crippen LogP contribution in [0.1, 0.15) is 19.2 Å². The van der Waals surface area contributed by atoms with E-state index in [1.807, 2.05) is 6.92 Å². The van der Waals surface area contributed by atoms with Crippen LogP contribution in [0, 0.1) is 0 Å². The zero-order valence-electron chi connectivity index (χ0n) is 14.3. The van der Waals surface area contributed by atoms with Crippen LogP contribution < -0.4 is 9.46 Å².